The normalized spacial score (nSPS) is 29.2. The van der Waals surface area contributed by atoms with Crippen molar-refractivity contribution in [1.29, 1.82) is 0 Å². The van der Waals surface area contributed by atoms with Crippen molar-refractivity contribution >= 4 is 0 Å². The first kappa shape index (κ1) is 16.3. The number of likely N-dealkylation sites (N-methyl/N-ethyl adjacent to an activating group) is 1. The van der Waals surface area contributed by atoms with Gasteiger partial charge in [0, 0.05) is 25.2 Å². The summed E-state index contributed by atoms with van der Waals surface area (Å²) in [7, 11) is 2.32. The molecule has 0 radical (unpaired) electrons. The highest BCUT2D eigenvalue weighted by Gasteiger charge is 2.22. The molecule has 2 atom stereocenters. The molecule has 0 aromatic carbocycles. The number of hydrogen-bond donors (Lipinski definition) is 1. The van der Waals surface area contributed by atoms with Gasteiger partial charge >= 0.3 is 0 Å². The van der Waals surface area contributed by atoms with Crippen LogP contribution >= 0.6 is 0 Å². The minimum absolute atomic E-state index is 0.788. The maximum absolute atomic E-state index is 3.83. The van der Waals surface area contributed by atoms with Gasteiger partial charge in [0.15, 0.2) is 0 Å². The van der Waals surface area contributed by atoms with E-state index in [9.17, 15) is 0 Å². The van der Waals surface area contributed by atoms with Crippen LogP contribution in [0.1, 0.15) is 71.6 Å². The van der Waals surface area contributed by atoms with Gasteiger partial charge in [0.25, 0.3) is 0 Å². The van der Waals surface area contributed by atoms with E-state index in [-0.39, 0.29) is 0 Å². The fourth-order valence-corrected chi connectivity index (χ4v) is 4.17. The van der Waals surface area contributed by atoms with E-state index < -0.39 is 0 Å². The molecular weight excluding hydrogens is 244 g/mol. The van der Waals surface area contributed by atoms with Gasteiger partial charge in [-0.3, -0.25) is 0 Å². The van der Waals surface area contributed by atoms with Crippen LogP contribution in [0.4, 0.5) is 0 Å². The second-order valence-electron chi connectivity index (χ2n) is 7.58. The minimum atomic E-state index is 0.788. The van der Waals surface area contributed by atoms with Crippen molar-refractivity contribution in [1.82, 2.24) is 10.2 Å². The van der Waals surface area contributed by atoms with Gasteiger partial charge in [0.1, 0.15) is 0 Å². The molecular formula is C18H36N2. The van der Waals surface area contributed by atoms with Gasteiger partial charge in [-0.05, 0) is 51.0 Å². The number of nitrogens with zero attached hydrogens (tertiary/aromatic N) is 1. The van der Waals surface area contributed by atoms with Crippen LogP contribution in [0.15, 0.2) is 0 Å². The summed E-state index contributed by atoms with van der Waals surface area (Å²) in [6.45, 7) is 7.21. The minimum Gasteiger partial charge on any atom is -0.313 e. The zero-order valence-corrected chi connectivity index (χ0v) is 14.0. The highest BCUT2D eigenvalue weighted by atomic mass is 15.1. The SMILES string of the molecule is CC(C)C1CCCC(NCCN(C)C2CCCC2)CC1. The lowest BCUT2D eigenvalue weighted by Gasteiger charge is -2.25. The molecule has 0 bridgehead atoms. The molecule has 2 aliphatic rings. The number of hydrogen-bond acceptors (Lipinski definition) is 2. The lowest BCUT2D eigenvalue weighted by molar-refractivity contribution is 0.240. The van der Waals surface area contributed by atoms with Gasteiger partial charge in [-0.25, -0.2) is 0 Å². The third-order valence-corrected chi connectivity index (χ3v) is 5.80. The van der Waals surface area contributed by atoms with Crippen LogP contribution in [0.25, 0.3) is 0 Å². The predicted octanol–water partition coefficient (Wildman–Crippen LogP) is 4.06. The summed E-state index contributed by atoms with van der Waals surface area (Å²) in [6.07, 6.45) is 12.9. The quantitative estimate of drug-likeness (QED) is 0.738. The molecule has 0 saturated heterocycles. The van der Waals surface area contributed by atoms with E-state index in [4.69, 9.17) is 0 Å². The monoisotopic (exact) mass is 280 g/mol. The molecule has 2 aliphatic carbocycles. The molecule has 2 nitrogen and oxygen atoms in total. The Morgan fingerprint density at radius 2 is 1.70 bits per heavy atom. The van der Waals surface area contributed by atoms with Gasteiger partial charge in [-0.15, -0.1) is 0 Å². The standard InChI is InChI=1S/C18H36N2/c1-15(2)16-7-6-8-17(12-11-16)19-13-14-20(3)18-9-4-5-10-18/h15-19H,4-14H2,1-3H3. The summed E-state index contributed by atoms with van der Waals surface area (Å²) in [5, 5.41) is 3.83. The molecule has 2 saturated carbocycles. The lowest BCUT2D eigenvalue weighted by atomic mass is 9.89. The van der Waals surface area contributed by atoms with Crippen LogP contribution in [-0.4, -0.2) is 37.1 Å². The Hall–Kier alpha value is -0.0800. The van der Waals surface area contributed by atoms with E-state index in [0.717, 1.165) is 23.9 Å². The van der Waals surface area contributed by atoms with Gasteiger partial charge in [-0.1, -0.05) is 39.5 Å². The predicted molar refractivity (Wildman–Crippen MR) is 88.1 cm³/mol. The molecule has 0 aromatic heterocycles. The fourth-order valence-electron chi connectivity index (χ4n) is 4.17. The van der Waals surface area contributed by atoms with Crippen LogP contribution in [0.5, 0.6) is 0 Å². The van der Waals surface area contributed by atoms with Crippen LogP contribution in [0.2, 0.25) is 0 Å². The van der Waals surface area contributed by atoms with E-state index in [1.807, 2.05) is 0 Å². The van der Waals surface area contributed by atoms with E-state index in [1.165, 1.54) is 70.9 Å². The van der Waals surface area contributed by atoms with Crippen LogP contribution in [-0.2, 0) is 0 Å². The van der Waals surface area contributed by atoms with Crippen molar-refractivity contribution in [3.63, 3.8) is 0 Å². The molecule has 2 heteroatoms. The Morgan fingerprint density at radius 1 is 0.950 bits per heavy atom. The zero-order valence-electron chi connectivity index (χ0n) is 14.0. The maximum atomic E-state index is 3.83. The maximum Gasteiger partial charge on any atom is 0.0107 e. The Balaban J connectivity index is 1.61. The summed E-state index contributed by atoms with van der Waals surface area (Å²) in [4.78, 5) is 2.59. The van der Waals surface area contributed by atoms with Gasteiger partial charge in [0.05, 0.1) is 0 Å². The van der Waals surface area contributed by atoms with Gasteiger partial charge in [-0.2, -0.15) is 0 Å². The Bertz CT molecular complexity index is 258. The molecule has 1 N–H and O–H groups in total. The van der Waals surface area contributed by atoms with Crippen molar-refractivity contribution in [3.05, 3.63) is 0 Å². The van der Waals surface area contributed by atoms with Crippen molar-refractivity contribution < 1.29 is 0 Å². The second kappa shape index (κ2) is 8.38. The first-order valence-corrected chi connectivity index (χ1v) is 9.10. The fraction of sp³-hybridized carbons (Fsp3) is 1.00. The second-order valence-corrected chi connectivity index (χ2v) is 7.58. The smallest absolute Gasteiger partial charge is 0.0107 e. The largest absolute Gasteiger partial charge is 0.313 e. The molecule has 2 fully saturated rings. The van der Waals surface area contributed by atoms with Crippen LogP contribution < -0.4 is 5.32 Å². The molecule has 2 unspecified atom stereocenters. The Morgan fingerprint density at radius 3 is 2.40 bits per heavy atom. The molecule has 20 heavy (non-hydrogen) atoms. The highest BCUT2D eigenvalue weighted by Crippen LogP contribution is 2.28. The molecule has 0 amide bonds. The van der Waals surface area contributed by atoms with Crippen molar-refractivity contribution in [2.24, 2.45) is 11.8 Å². The number of nitrogens with one attached hydrogen (secondary N) is 1. The van der Waals surface area contributed by atoms with E-state index in [2.05, 4.69) is 31.1 Å². The summed E-state index contributed by atoms with van der Waals surface area (Å²) < 4.78 is 0. The van der Waals surface area contributed by atoms with Crippen molar-refractivity contribution in [2.75, 3.05) is 20.1 Å². The third kappa shape index (κ3) is 5.04. The molecule has 0 aromatic rings. The Kier molecular flexibility index (Phi) is 6.83. The average molecular weight is 280 g/mol. The zero-order chi connectivity index (χ0) is 14.4. The number of rotatable bonds is 6. The molecule has 0 spiro atoms. The first-order valence-electron chi connectivity index (χ1n) is 9.10. The van der Waals surface area contributed by atoms with Crippen molar-refractivity contribution in [3.8, 4) is 0 Å². The molecule has 2 rings (SSSR count). The van der Waals surface area contributed by atoms with E-state index >= 15 is 0 Å². The van der Waals surface area contributed by atoms with Gasteiger partial charge < -0.3 is 10.2 Å². The van der Waals surface area contributed by atoms with Crippen molar-refractivity contribution in [2.45, 2.75) is 83.7 Å². The topological polar surface area (TPSA) is 15.3 Å². The molecule has 0 heterocycles. The van der Waals surface area contributed by atoms with E-state index in [0.29, 0.717) is 0 Å². The third-order valence-electron chi connectivity index (χ3n) is 5.80. The van der Waals surface area contributed by atoms with Crippen LogP contribution in [0.3, 0.4) is 0 Å². The van der Waals surface area contributed by atoms with E-state index in [1.54, 1.807) is 0 Å². The lowest BCUT2D eigenvalue weighted by Crippen LogP contribution is -2.39. The highest BCUT2D eigenvalue weighted by molar-refractivity contribution is 4.78. The summed E-state index contributed by atoms with van der Waals surface area (Å²) in [5.74, 6) is 1.85. The van der Waals surface area contributed by atoms with Crippen LogP contribution in [0, 0.1) is 11.8 Å². The molecule has 118 valence electrons. The van der Waals surface area contributed by atoms with Gasteiger partial charge in [0.2, 0.25) is 0 Å². The summed E-state index contributed by atoms with van der Waals surface area (Å²) in [6, 6.07) is 1.66. The molecule has 0 aliphatic heterocycles. The average Bonchev–Trinajstić information content (AvgIpc) is 2.85. The summed E-state index contributed by atoms with van der Waals surface area (Å²) >= 11 is 0. The Labute approximate surface area is 126 Å². The summed E-state index contributed by atoms with van der Waals surface area (Å²) in [5.41, 5.74) is 0. The first-order chi connectivity index (χ1) is 9.66.